The van der Waals surface area contributed by atoms with E-state index in [0.29, 0.717) is 11.1 Å². The normalized spacial score (nSPS) is 12.9. The number of rotatable bonds is 4. The van der Waals surface area contributed by atoms with E-state index < -0.39 is 27.0 Å². The number of sulfonamides is 1. The van der Waals surface area contributed by atoms with E-state index in [9.17, 15) is 17.6 Å². The molecule has 1 unspecified atom stereocenters. The van der Waals surface area contributed by atoms with Crippen molar-refractivity contribution < 1.29 is 17.6 Å². The molecule has 0 saturated heterocycles. The molecule has 8 heteroatoms. The van der Waals surface area contributed by atoms with Gasteiger partial charge in [0, 0.05) is 19.5 Å². The number of benzene rings is 1. The number of nitrogens with zero attached hydrogens (tertiary/aromatic N) is 2. The van der Waals surface area contributed by atoms with Crippen LogP contribution in [0.1, 0.15) is 12.6 Å². The van der Waals surface area contributed by atoms with Gasteiger partial charge < -0.3 is 4.90 Å². The molecule has 1 aromatic carbocycles. The van der Waals surface area contributed by atoms with Crippen LogP contribution in [0.15, 0.2) is 24.3 Å². The minimum Gasteiger partial charge on any atom is -0.348 e. The predicted octanol–water partition coefficient (Wildman–Crippen LogP) is 1.90. The number of fused-ring (bicyclic) bond motifs is 1. The fraction of sp³-hybridized carbons (Fsp3) is 0.333. The molecule has 1 atom stereocenters. The predicted molar refractivity (Wildman–Crippen MR) is 87.1 cm³/mol. The zero-order valence-electron chi connectivity index (χ0n) is 13.3. The van der Waals surface area contributed by atoms with Gasteiger partial charge in [0.25, 0.3) is 0 Å². The third-order valence-electron chi connectivity index (χ3n) is 3.49. The fourth-order valence-electron chi connectivity index (χ4n) is 2.10. The average molecular weight is 339 g/mol. The van der Waals surface area contributed by atoms with Gasteiger partial charge in [0.2, 0.25) is 15.9 Å². The number of carbonyl (C=O) groups excluding carboxylic acids is 1. The maximum atomic E-state index is 13.7. The molecule has 0 radical (unpaired) electrons. The van der Waals surface area contributed by atoms with Crippen molar-refractivity contribution in [3.63, 3.8) is 0 Å². The molecule has 2 rings (SSSR count). The van der Waals surface area contributed by atoms with Crippen LogP contribution in [0.25, 0.3) is 10.9 Å². The van der Waals surface area contributed by atoms with Crippen LogP contribution in [-0.4, -0.2) is 43.6 Å². The van der Waals surface area contributed by atoms with Crippen LogP contribution in [0, 0.1) is 12.7 Å². The van der Waals surface area contributed by atoms with E-state index in [4.69, 9.17) is 0 Å². The van der Waals surface area contributed by atoms with E-state index >= 15 is 0 Å². The van der Waals surface area contributed by atoms with Crippen molar-refractivity contribution in [3.8, 4) is 0 Å². The second kappa shape index (κ2) is 6.11. The standard InChI is InChI=1S/C15H18FN3O3S/c1-9-13(8-11-6-5-7-12(16)14(11)17-9)18-23(21,22)10(2)15(20)19(3)4/h5-8,10,18H,1-4H3. The number of aryl methyl sites for hydroxylation is 1. The lowest BCUT2D eigenvalue weighted by molar-refractivity contribution is -0.127. The highest BCUT2D eigenvalue weighted by Gasteiger charge is 2.29. The Morgan fingerprint density at radius 2 is 2.00 bits per heavy atom. The molecule has 0 bridgehead atoms. The summed E-state index contributed by atoms with van der Waals surface area (Å²) in [6.45, 7) is 2.89. The van der Waals surface area contributed by atoms with Crippen molar-refractivity contribution in [2.75, 3.05) is 18.8 Å². The van der Waals surface area contributed by atoms with Gasteiger partial charge in [-0.15, -0.1) is 0 Å². The molecular formula is C15H18FN3O3S. The first-order chi connectivity index (χ1) is 10.6. The van der Waals surface area contributed by atoms with Crippen LogP contribution in [0.5, 0.6) is 0 Å². The number of amides is 1. The van der Waals surface area contributed by atoms with Crippen molar-refractivity contribution in [1.82, 2.24) is 9.88 Å². The van der Waals surface area contributed by atoms with Crippen molar-refractivity contribution in [2.45, 2.75) is 19.1 Å². The Labute approximate surface area is 134 Å². The fourth-order valence-corrected chi connectivity index (χ4v) is 3.26. The minimum atomic E-state index is -3.93. The summed E-state index contributed by atoms with van der Waals surface area (Å²) in [5, 5.41) is -0.778. The van der Waals surface area contributed by atoms with E-state index in [-0.39, 0.29) is 11.2 Å². The van der Waals surface area contributed by atoms with Crippen LogP contribution < -0.4 is 4.72 Å². The van der Waals surface area contributed by atoms with Crippen LogP contribution in [0.2, 0.25) is 0 Å². The van der Waals surface area contributed by atoms with Crippen LogP contribution >= 0.6 is 0 Å². The summed E-state index contributed by atoms with van der Waals surface area (Å²) in [5.74, 6) is -1.01. The quantitative estimate of drug-likeness (QED) is 0.923. The summed E-state index contributed by atoms with van der Waals surface area (Å²) in [5.41, 5.74) is 0.725. The first-order valence-corrected chi connectivity index (χ1v) is 8.47. The second-order valence-corrected chi connectivity index (χ2v) is 7.46. The first kappa shape index (κ1) is 17.1. The number of hydrogen-bond donors (Lipinski definition) is 1. The highest BCUT2D eigenvalue weighted by molar-refractivity contribution is 7.94. The van der Waals surface area contributed by atoms with E-state index in [1.807, 2.05) is 0 Å². The molecule has 6 nitrogen and oxygen atoms in total. The van der Waals surface area contributed by atoms with Crippen LogP contribution in [0.4, 0.5) is 10.1 Å². The monoisotopic (exact) mass is 339 g/mol. The zero-order valence-corrected chi connectivity index (χ0v) is 14.1. The third-order valence-corrected chi connectivity index (χ3v) is 5.13. The van der Waals surface area contributed by atoms with Gasteiger partial charge in [-0.25, -0.2) is 17.8 Å². The SMILES string of the molecule is Cc1nc2c(F)cccc2cc1NS(=O)(=O)C(C)C(=O)N(C)C. The molecule has 0 saturated carbocycles. The zero-order chi connectivity index (χ0) is 17.4. The molecule has 1 heterocycles. The van der Waals surface area contributed by atoms with Gasteiger partial charge in [-0.1, -0.05) is 12.1 Å². The molecule has 2 aromatic rings. The molecule has 0 spiro atoms. The Bertz CT molecular complexity index is 866. The summed E-state index contributed by atoms with van der Waals surface area (Å²) in [6.07, 6.45) is 0. The Morgan fingerprint density at radius 3 is 2.61 bits per heavy atom. The smallest absolute Gasteiger partial charge is 0.244 e. The van der Waals surface area contributed by atoms with Crippen molar-refractivity contribution in [1.29, 1.82) is 0 Å². The number of aromatic nitrogens is 1. The van der Waals surface area contributed by atoms with Gasteiger partial charge in [0.05, 0.1) is 11.4 Å². The summed E-state index contributed by atoms with van der Waals surface area (Å²) in [4.78, 5) is 17.2. The van der Waals surface area contributed by atoms with Gasteiger partial charge >= 0.3 is 0 Å². The minimum absolute atomic E-state index is 0.172. The molecule has 0 aliphatic rings. The third kappa shape index (κ3) is 3.42. The number of nitrogens with one attached hydrogen (secondary N) is 1. The number of anilines is 1. The summed E-state index contributed by atoms with van der Waals surface area (Å²) in [6, 6.07) is 5.95. The molecule has 23 heavy (non-hydrogen) atoms. The van der Waals surface area contributed by atoms with Gasteiger partial charge in [-0.05, 0) is 26.0 Å². The average Bonchev–Trinajstić information content (AvgIpc) is 2.47. The van der Waals surface area contributed by atoms with Crippen molar-refractivity contribution in [2.24, 2.45) is 0 Å². The molecule has 1 N–H and O–H groups in total. The van der Waals surface area contributed by atoms with Gasteiger partial charge in [-0.2, -0.15) is 0 Å². The lowest BCUT2D eigenvalue weighted by atomic mass is 10.2. The highest BCUT2D eigenvalue weighted by Crippen LogP contribution is 2.24. The van der Waals surface area contributed by atoms with E-state index in [2.05, 4.69) is 9.71 Å². The molecule has 1 aromatic heterocycles. The van der Waals surface area contributed by atoms with Gasteiger partial charge in [-0.3, -0.25) is 9.52 Å². The molecular weight excluding hydrogens is 321 g/mol. The molecule has 0 aliphatic carbocycles. The maximum absolute atomic E-state index is 13.7. The maximum Gasteiger partial charge on any atom is 0.244 e. The Hall–Kier alpha value is -2.22. The second-order valence-electron chi connectivity index (χ2n) is 5.45. The summed E-state index contributed by atoms with van der Waals surface area (Å²) in [7, 11) is -0.962. The Kier molecular flexibility index (Phi) is 4.56. The van der Waals surface area contributed by atoms with E-state index in [0.717, 1.165) is 0 Å². The lowest BCUT2D eigenvalue weighted by Crippen LogP contribution is -2.39. The van der Waals surface area contributed by atoms with Gasteiger partial charge in [0.15, 0.2) is 5.25 Å². The van der Waals surface area contributed by atoms with Crippen molar-refractivity contribution >= 4 is 32.5 Å². The van der Waals surface area contributed by atoms with Crippen LogP contribution in [-0.2, 0) is 14.8 Å². The molecule has 0 aliphatic heterocycles. The van der Waals surface area contributed by atoms with Crippen LogP contribution in [0.3, 0.4) is 0 Å². The lowest BCUT2D eigenvalue weighted by Gasteiger charge is -2.19. The number of carbonyl (C=O) groups is 1. The van der Waals surface area contributed by atoms with E-state index in [1.165, 1.54) is 44.1 Å². The topological polar surface area (TPSA) is 79.4 Å². The highest BCUT2D eigenvalue weighted by atomic mass is 32.2. The molecule has 124 valence electrons. The molecule has 0 fully saturated rings. The summed E-state index contributed by atoms with van der Waals surface area (Å²) < 4.78 is 40.8. The number of pyridine rings is 1. The number of para-hydroxylation sites is 1. The van der Waals surface area contributed by atoms with E-state index in [1.54, 1.807) is 13.0 Å². The first-order valence-electron chi connectivity index (χ1n) is 6.92. The van der Waals surface area contributed by atoms with Crippen molar-refractivity contribution in [3.05, 3.63) is 35.8 Å². The Morgan fingerprint density at radius 1 is 1.35 bits per heavy atom. The largest absolute Gasteiger partial charge is 0.348 e. The Balaban J connectivity index is 2.42. The number of hydrogen-bond acceptors (Lipinski definition) is 4. The molecule has 1 amide bonds. The summed E-state index contributed by atoms with van der Waals surface area (Å²) >= 11 is 0. The van der Waals surface area contributed by atoms with Gasteiger partial charge in [0.1, 0.15) is 11.3 Å². The number of halogens is 1.